The average molecular weight is 338 g/mol. The van der Waals surface area contributed by atoms with Crippen molar-refractivity contribution in [1.29, 1.82) is 0 Å². The van der Waals surface area contributed by atoms with Gasteiger partial charge in [-0.1, -0.05) is 30.1 Å². The van der Waals surface area contributed by atoms with Crippen molar-refractivity contribution >= 4 is 45.6 Å². The van der Waals surface area contributed by atoms with E-state index in [9.17, 15) is 9.90 Å². The van der Waals surface area contributed by atoms with Gasteiger partial charge < -0.3 is 14.6 Å². The number of ketones is 1. The monoisotopic (exact) mass is 338 g/mol. The van der Waals surface area contributed by atoms with Crippen LogP contribution in [0.3, 0.4) is 0 Å². The van der Waals surface area contributed by atoms with Crippen molar-refractivity contribution in [2.45, 2.75) is 20.8 Å². The molecule has 4 nitrogen and oxygen atoms in total. The van der Waals surface area contributed by atoms with Crippen molar-refractivity contribution in [2.75, 3.05) is 6.61 Å². The molecule has 0 bridgehead atoms. The molecule has 0 spiro atoms. The first-order valence-electron chi connectivity index (χ1n) is 6.57. The highest BCUT2D eigenvalue weighted by atomic mass is 32.2. The van der Waals surface area contributed by atoms with Gasteiger partial charge in [0.1, 0.15) is 17.3 Å². The van der Waals surface area contributed by atoms with Gasteiger partial charge in [-0.05, 0) is 45.1 Å². The van der Waals surface area contributed by atoms with Crippen molar-refractivity contribution in [3.63, 3.8) is 0 Å². The fourth-order valence-electron chi connectivity index (χ4n) is 1.67. The van der Waals surface area contributed by atoms with Crippen molar-refractivity contribution in [3.05, 3.63) is 46.5 Å². The van der Waals surface area contributed by atoms with Gasteiger partial charge in [-0.25, -0.2) is 0 Å². The van der Waals surface area contributed by atoms with E-state index in [0.29, 0.717) is 26.2 Å². The maximum Gasteiger partial charge on any atom is 0.166 e. The van der Waals surface area contributed by atoms with Crippen molar-refractivity contribution in [2.24, 2.45) is 0 Å². The molecule has 1 aromatic rings. The number of aliphatic hydroxyl groups is 2. The van der Waals surface area contributed by atoms with Gasteiger partial charge in [0, 0.05) is 4.20 Å². The molecule has 1 rings (SSSR count). The Bertz CT molecular complexity index is 651. The predicted molar refractivity (Wildman–Crippen MR) is 94.7 cm³/mol. The third-order valence-corrected chi connectivity index (χ3v) is 3.78. The number of thiocarbonyl (C=S) groups is 1. The Morgan fingerprint density at radius 3 is 2.59 bits per heavy atom. The lowest BCUT2D eigenvalue weighted by molar-refractivity contribution is -0.112. The molecule has 22 heavy (non-hydrogen) atoms. The second kappa shape index (κ2) is 8.73. The van der Waals surface area contributed by atoms with Crippen molar-refractivity contribution < 1.29 is 19.4 Å². The van der Waals surface area contributed by atoms with Gasteiger partial charge in [0.2, 0.25) is 0 Å². The number of carbonyl (C=O) groups excluding carboxylic acids is 1. The fraction of sp³-hybridized carbons (Fsp3) is 0.250. The van der Waals surface area contributed by atoms with Crippen LogP contribution >= 0.6 is 24.0 Å². The van der Waals surface area contributed by atoms with Gasteiger partial charge >= 0.3 is 0 Å². The summed E-state index contributed by atoms with van der Waals surface area (Å²) in [5, 5.41) is 18.7. The maximum atomic E-state index is 11.6. The van der Waals surface area contributed by atoms with Crippen LogP contribution in [0.15, 0.2) is 39.4 Å². The summed E-state index contributed by atoms with van der Waals surface area (Å²) in [5.74, 6) is 0.773. The minimum Gasteiger partial charge on any atom is -0.507 e. The van der Waals surface area contributed by atoms with Gasteiger partial charge in [-0.3, -0.25) is 4.79 Å². The van der Waals surface area contributed by atoms with Gasteiger partial charge in [0.25, 0.3) is 0 Å². The summed E-state index contributed by atoms with van der Waals surface area (Å²) in [6, 6.07) is 3.39. The molecule has 0 radical (unpaired) electrons. The van der Waals surface area contributed by atoms with E-state index in [1.165, 1.54) is 24.8 Å². The fourth-order valence-corrected chi connectivity index (χ4v) is 2.57. The molecule has 0 atom stereocenters. The normalized spacial score (nSPS) is 13.4. The Morgan fingerprint density at radius 1 is 1.41 bits per heavy atom. The molecule has 0 saturated carbocycles. The van der Waals surface area contributed by atoms with Crippen molar-refractivity contribution in [3.8, 4) is 0 Å². The lowest BCUT2D eigenvalue weighted by Gasteiger charge is -2.03. The number of hydrogen-bond donors (Lipinski definition) is 2. The summed E-state index contributed by atoms with van der Waals surface area (Å²) in [6.45, 7) is 4.70. The SMILES string of the molecule is C/C=C(\C(O)=C/CO)c1ccc(/C=C(\SC(C)=S)C(C)=O)o1. The van der Waals surface area contributed by atoms with Crippen LogP contribution in [0.2, 0.25) is 0 Å². The van der Waals surface area contributed by atoms with Crippen molar-refractivity contribution in [1.82, 2.24) is 0 Å². The van der Waals surface area contributed by atoms with Gasteiger partial charge in [-0.2, -0.15) is 0 Å². The summed E-state index contributed by atoms with van der Waals surface area (Å²) >= 11 is 6.22. The molecule has 0 aliphatic rings. The number of rotatable bonds is 6. The minimum atomic E-state index is -0.268. The molecular weight excluding hydrogens is 320 g/mol. The van der Waals surface area contributed by atoms with Crippen LogP contribution < -0.4 is 0 Å². The van der Waals surface area contributed by atoms with E-state index in [4.69, 9.17) is 21.7 Å². The summed E-state index contributed by atoms with van der Waals surface area (Å²) in [6.07, 6.45) is 4.57. The zero-order chi connectivity index (χ0) is 16.7. The van der Waals surface area contributed by atoms with Crippen LogP contribution in [0.4, 0.5) is 0 Å². The van der Waals surface area contributed by atoms with E-state index in [0.717, 1.165) is 0 Å². The molecule has 0 aromatic carbocycles. The molecule has 1 heterocycles. The van der Waals surface area contributed by atoms with E-state index in [1.807, 2.05) is 0 Å². The number of furan rings is 1. The molecule has 0 saturated heterocycles. The van der Waals surface area contributed by atoms with Gasteiger partial charge in [-0.15, -0.1) is 0 Å². The average Bonchev–Trinajstić information content (AvgIpc) is 2.87. The van der Waals surface area contributed by atoms with Crippen LogP contribution in [-0.4, -0.2) is 26.8 Å². The molecule has 0 unspecified atom stereocenters. The third-order valence-electron chi connectivity index (χ3n) is 2.62. The number of hydrogen-bond acceptors (Lipinski definition) is 6. The molecule has 6 heteroatoms. The summed E-state index contributed by atoms with van der Waals surface area (Å²) in [7, 11) is 0. The standard InChI is InChI=1S/C16H18O4S2/c1-4-13(14(19)7-8-17)15-6-5-12(20-15)9-16(10(2)18)22-11(3)21/h4-7,9,17,19H,8H2,1-3H3/b13-4+,14-7+,16-9-. The van der Waals surface area contributed by atoms with Crippen LogP contribution in [0.25, 0.3) is 11.6 Å². The molecule has 2 N–H and O–H groups in total. The highest BCUT2D eigenvalue weighted by molar-refractivity contribution is 8.26. The minimum absolute atomic E-state index is 0.0641. The quantitative estimate of drug-likeness (QED) is 0.352. The van der Waals surface area contributed by atoms with Crippen LogP contribution in [0, 0.1) is 0 Å². The Balaban J connectivity index is 3.12. The van der Waals surface area contributed by atoms with E-state index in [-0.39, 0.29) is 18.1 Å². The molecule has 0 fully saturated rings. The van der Waals surface area contributed by atoms with Crippen LogP contribution in [0.5, 0.6) is 0 Å². The van der Waals surface area contributed by atoms with E-state index in [1.54, 1.807) is 38.1 Å². The molecule has 0 aliphatic carbocycles. The zero-order valence-electron chi connectivity index (χ0n) is 12.6. The molecule has 118 valence electrons. The Morgan fingerprint density at radius 2 is 2.09 bits per heavy atom. The van der Waals surface area contributed by atoms with Crippen LogP contribution in [-0.2, 0) is 4.79 Å². The number of allylic oxidation sites excluding steroid dienone is 3. The number of carbonyl (C=O) groups is 1. The third kappa shape index (κ3) is 5.29. The Hall–Kier alpha value is -1.63. The van der Waals surface area contributed by atoms with Gasteiger partial charge in [0.05, 0.1) is 17.1 Å². The summed E-state index contributed by atoms with van der Waals surface area (Å²) in [4.78, 5) is 12.1. The maximum absolute atomic E-state index is 11.6. The lowest BCUT2D eigenvalue weighted by atomic mass is 10.1. The molecular formula is C16H18O4S2. The molecule has 0 amide bonds. The first kappa shape index (κ1) is 18.4. The van der Waals surface area contributed by atoms with Crippen LogP contribution in [0.1, 0.15) is 32.3 Å². The highest BCUT2D eigenvalue weighted by Crippen LogP contribution is 2.27. The zero-order valence-corrected chi connectivity index (χ0v) is 14.3. The second-order valence-corrected chi connectivity index (χ2v) is 6.46. The molecule has 0 aliphatic heterocycles. The predicted octanol–water partition coefficient (Wildman–Crippen LogP) is 4.13. The first-order chi connectivity index (χ1) is 10.4. The largest absolute Gasteiger partial charge is 0.507 e. The summed E-state index contributed by atoms with van der Waals surface area (Å²) in [5.41, 5.74) is 0.469. The lowest BCUT2D eigenvalue weighted by Crippen LogP contribution is -1.94. The van der Waals surface area contributed by atoms with Gasteiger partial charge in [0.15, 0.2) is 5.78 Å². The molecule has 1 aromatic heterocycles. The number of aliphatic hydroxyl groups excluding tert-OH is 2. The second-order valence-electron chi connectivity index (χ2n) is 4.33. The number of thioether (sulfide) groups is 1. The van der Waals surface area contributed by atoms with E-state index < -0.39 is 0 Å². The smallest absolute Gasteiger partial charge is 0.166 e. The Labute approximate surface area is 139 Å². The Kier molecular flexibility index (Phi) is 7.31. The van der Waals surface area contributed by atoms with E-state index in [2.05, 4.69) is 0 Å². The first-order valence-corrected chi connectivity index (χ1v) is 7.79. The van der Waals surface area contributed by atoms with E-state index >= 15 is 0 Å². The topological polar surface area (TPSA) is 70.7 Å². The summed E-state index contributed by atoms with van der Waals surface area (Å²) < 4.78 is 6.27. The highest BCUT2D eigenvalue weighted by Gasteiger charge is 2.12. The number of Topliss-reactive ketones (excluding diaryl/α,β-unsaturated/α-hetero) is 1.